The van der Waals surface area contributed by atoms with Gasteiger partial charge in [0.15, 0.2) is 0 Å². The number of halogens is 1. The molecule has 0 aliphatic rings. The van der Waals surface area contributed by atoms with E-state index >= 15 is 0 Å². The Bertz CT molecular complexity index is 737. The lowest BCUT2D eigenvalue weighted by Gasteiger charge is -2.15. The summed E-state index contributed by atoms with van der Waals surface area (Å²) in [6.07, 6.45) is 0. The number of carbonyl (C=O) groups is 2. The third kappa shape index (κ3) is 3.14. The van der Waals surface area contributed by atoms with Crippen LogP contribution in [0, 0.1) is 13.8 Å². The molecule has 0 unspecified atom stereocenters. The molecule has 0 bridgehead atoms. The Kier molecular flexibility index (Phi) is 4.56. The standard InChI is InChI=1S/C16H17ClN2O3/c1-10-7-14(16(22)18(3)9-15(20)21)11(2)19(10)13-6-4-5-12(17)8-13/h4-8H,9H2,1-3H3,(H,20,21). The van der Waals surface area contributed by atoms with Crippen LogP contribution < -0.4 is 0 Å². The number of hydrogen-bond acceptors (Lipinski definition) is 2. The van der Waals surface area contributed by atoms with Crippen molar-refractivity contribution in [1.82, 2.24) is 9.47 Å². The molecule has 116 valence electrons. The maximum atomic E-state index is 12.4. The largest absolute Gasteiger partial charge is 0.480 e. The SMILES string of the molecule is Cc1cc(C(=O)N(C)CC(=O)O)c(C)n1-c1cccc(Cl)c1. The van der Waals surface area contributed by atoms with Crippen molar-refractivity contribution in [2.75, 3.05) is 13.6 Å². The lowest BCUT2D eigenvalue weighted by Crippen LogP contribution is -2.32. The Morgan fingerprint density at radius 3 is 2.55 bits per heavy atom. The minimum Gasteiger partial charge on any atom is -0.480 e. The molecular weight excluding hydrogens is 304 g/mol. The summed E-state index contributed by atoms with van der Waals surface area (Å²) in [7, 11) is 1.47. The van der Waals surface area contributed by atoms with E-state index in [-0.39, 0.29) is 12.5 Å². The van der Waals surface area contributed by atoms with Gasteiger partial charge in [0.1, 0.15) is 6.54 Å². The van der Waals surface area contributed by atoms with Crippen molar-refractivity contribution in [3.05, 3.63) is 52.3 Å². The minimum absolute atomic E-state index is 0.316. The number of nitrogens with zero attached hydrogens (tertiary/aromatic N) is 2. The fourth-order valence-corrected chi connectivity index (χ4v) is 2.66. The second-order valence-electron chi connectivity index (χ2n) is 5.16. The topological polar surface area (TPSA) is 62.5 Å². The molecule has 1 heterocycles. The van der Waals surface area contributed by atoms with Crippen LogP contribution in [-0.4, -0.2) is 40.0 Å². The lowest BCUT2D eigenvalue weighted by molar-refractivity contribution is -0.137. The summed E-state index contributed by atoms with van der Waals surface area (Å²) in [6.45, 7) is 3.39. The second-order valence-corrected chi connectivity index (χ2v) is 5.59. The highest BCUT2D eigenvalue weighted by molar-refractivity contribution is 6.30. The van der Waals surface area contributed by atoms with Crippen molar-refractivity contribution in [1.29, 1.82) is 0 Å². The lowest BCUT2D eigenvalue weighted by atomic mass is 10.2. The molecule has 1 N–H and O–H groups in total. The zero-order valence-electron chi connectivity index (χ0n) is 12.6. The fourth-order valence-electron chi connectivity index (χ4n) is 2.47. The van der Waals surface area contributed by atoms with Crippen LogP contribution in [0.15, 0.2) is 30.3 Å². The summed E-state index contributed by atoms with van der Waals surface area (Å²) in [5.41, 5.74) is 2.98. The summed E-state index contributed by atoms with van der Waals surface area (Å²) < 4.78 is 1.92. The van der Waals surface area contributed by atoms with E-state index in [4.69, 9.17) is 16.7 Å². The van der Waals surface area contributed by atoms with Crippen LogP contribution in [-0.2, 0) is 4.79 Å². The van der Waals surface area contributed by atoms with Crippen LogP contribution >= 0.6 is 11.6 Å². The monoisotopic (exact) mass is 320 g/mol. The first-order valence-electron chi connectivity index (χ1n) is 6.73. The molecule has 0 aliphatic heterocycles. The van der Waals surface area contributed by atoms with E-state index in [0.29, 0.717) is 10.6 Å². The number of carboxylic acids is 1. The zero-order valence-corrected chi connectivity index (χ0v) is 13.4. The Morgan fingerprint density at radius 2 is 1.95 bits per heavy atom. The number of aromatic nitrogens is 1. The van der Waals surface area contributed by atoms with Crippen LogP contribution in [0.1, 0.15) is 21.7 Å². The highest BCUT2D eigenvalue weighted by atomic mass is 35.5. The van der Waals surface area contributed by atoms with Gasteiger partial charge in [-0.05, 0) is 38.1 Å². The van der Waals surface area contributed by atoms with Gasteiger partial charge in [0.05, 0.1) is 5.56 Å². The number of benzene rings is 1. The van der Waals surface area contributed by atoms with Crippen molar-refractivity contribution in [3.8, 4) is 5.69 Å². The average molecular weight is 321 g/mol. The molecule has 2 aromatic rings. The van der Waals surface area contributed by atoms with Crippen LogP contribution in [0.25, 0.3) is 5.69 Å². The van der Waals surface area contributed by atoms with Gasteiger partial charge in [-0.1, -0.05) is 17.7 Å². The molecule has 22 heavy (non-hydrogen) atoms. The Balaban J connectivity index is 2.43. The van der Waals surface area contributed by atoms with Gasteiger partial charge < -0.3 is 14.6 Å². The number of hydrogen-bond donors (Lipinski definition) is 1. The third-order valence-corrected chi connectivity index (χ3v) is 3.68. The van der Waals surface area contributed by atoms with E-state index in [9.17, 15) is 9.59 Å². The molecule has 1 aromatic heterocycles. The van der Waals surface area contributed by atoms with E-state index in [0.717, 1.165) is 17.1 Å². The number of amides is 1. The molecule has 2 rings (SSSR count). The van der Waals surface area contributed by atoms with Crippen molar-refractivity contribution < 1.29 is 14.7 Å². The number of carbonyl (C=O) groups excluding carboxylic acids is 1. The maximum absolute atomic E-state index is 12.4. The zero-order chi connectivity index (χ0) is 16.4. The van der Waals surface area contributed by atoms with Gasteiger partial charge >= 0.3 is 5.97 Å². The Labute approximate surface area is 133 Å². The quantitative estimate of drug-likeness (QED) is 0.942. The van der Waals surface area contributed by atoms with Crippen LogP contribution in [0.2, 0.25) is 5.02 Å². The molecule has 6 heteroatoms. The molecule has 1 amide bonds. The molecule has 5 nitrogen and oxygen atoms in total. The molecule has 0 atom stereocenters. The van der Waals surface area contributed by atoms with E-state index in [1.165, 1.54) is 11.9 Å². The van der Waals surface area contributed by atoms with E-state index < -0.39 is 5.97 Å². The van der Waals surface area contributed by atoms with Gasteiger partial charge in [-0.25, -0.2) is 0 Å². The van der Waals surface area contributed by atoms with Crippen molar-refractivity contribution in [2.45, 2.75) is 13.8 Å². The smallest absolute Gasteiger partial charge is 0.323 e. The molecule has 0 saturated carbocycles. The second kappa shape index (κ2) is 6.23. The summed E-state index contributed by atoms with van der Waals surface area (Å²) in [6, 6.07) is 9.11. The van der Waals surface area contributed by atoms with E-state index in [1.54, 1.807) is 12.1 Å². The summed E-state index contributed by atoms with van der Waals surface area (Å²) in [5, 5.41) is 9.42. The van der Waals surface area contributed by atoms with Gasteiger partial charge in [-0.15, -0.1) is 0 Å². The first-order chi connectivity index (χ1) is 10.3. The highest BCUT2D eigenvalue weighted by Gasteiger charge is 2.21. The predicted octanol–water partition coefficient (Wildman–Crippen LogP) is 2.90. The van der Waals surface area contributed by atoms with E-state index in [2.05, 4.69) is 0 Å². The van der Waals surface area contributed by atoms with E-state index in [1.807, 2.05) is 36.6 Å². The first kappa shape index (κ1) is 16.1. The molecule has 0 spiro atoms. The van der Waals surface area contributed by atoms with Gasteiger partial charge in [-0.2, -0.15) is 0 Å². The van der Waals surface area contributed by atoms with Gasteiger partial charge in [0.25, 0.3) is 5.91 Å². The number of likely N-dealkylation sites (N-methyl/N-ethyl adjacent to an activating group) is 1. The Hall–Kier alpha value is -2.27. The molecule has 0 radical (unpaired) electrons. The summed E-state index contributed by atoms with van der Waals surface area (Å²) >= 11 is 6.02. The van der Waals surface area contributed by atoms with Crippen LogP contribution in [0.5, 0.6) is 0 Å². The molecule has 1 aromatic carbocycles. The van der Waals surface area contributed by atoms with Crippen molar-refractivity contribution in [3.63, 3.8) is 0 Å². The van der Waals surface area contributed by atoms with Crippen LogP contribution in [0.3, 0.4) is 0 Å². The molecule has 0 saturated heterocycles. The summed E-state index contributed by atoms with van der Waals surface area (Å²) in [4.78, 5) is 24.3. The van der Waals surface area contributed by atoms with Crippen LogP contribution in [0.4, 0.5) is 0 Å². The first-order valence-corrected chi connectivity index (χ1v) is 7.11. The van der Waals surface area contributed by atoms with Gasteiger partial charge in [0, 0.05) is 29.1 Å². The molecule has 0 fully saturated rings. The fraction of sp³-hybridized carbons (Fsp3) is 0.250. The molecular formula is C16H17ClN2O3. The number of aliphatic carboxylic acids is 1. The van der Waals surface area contributed by atoms with Gasteiger partial charge in [-0.3, -0.25) is 9.59 Å². The van der Waals surface area contributed by atoms with Crippen molar-refractivity contribution >= 4 is 23.5 Å². The Morgan fingerprint density at radius 1 is 1.27 bits per heavy atom. The maximum Gasteiger partial charge on any atom is 0.323 e. The summed E-state index contributed by atoms with van der Waals surface area (Å²) in [5.74, 6) is -1.36. The normalized spacial score (nSPS) is 10.5. The third-order valence-electron chi connectivity index (χ3n) is 3.45. The predicted molar refractivity (Wildman–Crippen MR) is 84.8 cm³/mol. The minimum atomic E-state index is -1.04. The number of carboxylic acid groups (broad SMARTS) is 1. The highest BCUT2D eigenvalue weighted by Crippen LogP contribution is 2.23. The van der Waals surface area contributed by atoms with Crippen molar-refractivity contribution in [2.24, 2.45) is 0 Å². The number of aryl methyl sites for hydroxylation is 1. The van der Waals surface area contributed by atoms with Gasteiger partial charge in [0.2, 0.25) is 0 Å². The number of rotatable bonds is 4. The molecule has 0 aliphatic carbocycles. The average Bonchev–Trinajstić information content (AvgIpc) is 2.72.